The normalized spacial score (nSPS) is 22.1. The molecule has 3 heterocycles. The molecule has 44 heavy (non-hydrogen) atoms. The van der Waals surface area contributed by atoms with Crippen molar-refractivity contribution in [2.75, 3.05) is 25.4 Å². The second kappa shape index (κ2) is 12.9. The molecule has 2 aromatic rings. The number of nitrogens with zero attached hydrogens (tertiary/aromatic N) is 5. The van der Waals surface area contributed by atoms with Crippen LogP contribution in [0.15, 0.2) is 11.1 Å². The Kier molecular flexibility index (Phi) is 10.8. The number of ether oxygens (including phenoxy) is 2. The zero-order chi connectivity index (χ0) is 33.6. The highest BCUT2D eigenvalue weighted by Crippen LogP contribution is 2.47. The number of hydrogen-bond donors (Lipinski definition) is 2. The molecule has 0 bridgehead atoms. The molecule has 3 rings (SSSR count). The van der Waals surface area contributed by atoms with E-state index in [2.05, 4.69) is 98.6 Å². The van der Waals surface area contributed by atoms with E-state index < -0.39 is 52.9 Å². The summed E-state index contributed by atoms with van der Waals surface area (Å²) in [6.07, 6.45) is -1.66. The molecule has 1 aliphatic heterocycles. The average Bonchev–Trinajstić information content (AvgIpc) is 3.33. The first-order valence-corrected chi connectivity index (χ1v) is 21.7. The first kappa shape index (κ1) is 36.8. The molecule has 0 spiro atoms. The fourth-order valence-corrected chi connectivity index (χ4v) is 7.56. The zero-order valence-electron chi connectivity index (χ0n) is 28.7. The van der Waals surface area contributed by atoms with Crippen molar-refractivity contribution in [1.82, 2.24) is 24.4 Å². The van der Waals surface area contributed by atoms with Crippen LogP contribution in [-0.4, -0.2) is 95.9 Å². The van der Waals surface area contributed by atoms with Crippen LogP contribution in [0.25, 0.3) is 11.2 Å². The van der Waals surface area contributed by atoms with Crippen molar-refractivity contribution in [3.05, 3.63) is 11.1 Å². The van der Waals surface area contributed by atoms with Gasteiger partial charge < -0.3 is 34.1 Å². The number of nitrogen functional groups attached to an aromatic ring is 1. The van der Waals surface area contributed by atoms with Crippen molar-refractivity contribution >= 4 is 55.6 Å². The predicted molar refractivity (Wildman–Crippen MR) is 180 cm³/mol. The Morgan fingerprint density at radius 1 is 1.02 bits per heavy atom. The van der Waals surface area contributed by atoms with E-state index in [0.717, 1.165) is 0 Å². The van der Waals surface area contributed by atoms with E-state index in [-0.39, 0.29) is 35.6 Å². The maximum absolute atomic E-state index is 13.3. The number of halogens is 1. The molecule has 1 aliphatic rings. The molecule has 2 aromatic heterocycles. The second-order valence-electron chi connectivity index (χ2n) is 15.6. The summed E-state index contributed by atoms with van der Waals surface area (Å²) in [5.74, 6) is 0.249. The maximum atomic E-state index is 13.3. The van der Waals surface area contributed by atoms with Crippen LogP contribution in [-0.2, 0) is 18.3 Å². The Morgan fingerprint density at radius 2 is 1.57 bits per heavy atom. The number of carbonyl (C=O) groups excluding carboxylic acids is 1. The van der Waals surface area contributed by atoms with Crippen LogP contribution < -0.4 is 5.73 Å². The van der Waals surface area contributed by atoms with Crippen molar-refractivity contribution in [3.8, 4) is 0 Å². The lowest BCUT2D eigenvalue weighted by Gasteiger charge is -2.44. The number of anilines is 1. The summed E-state index contributed by atoms with van der Waals surface area (Å²) in [4.78, 5) is 28.1. The molecule has 3 N–H and O–H groups in total. The van der Waals surface area contributed by atoms with E-state index in [1.807, 2.05) is 25.3 Å². The third-order valence-electron chi connectivity index (χ3n) is 8.90. The second-order valence-corrected chi connectivity index (χ2v) is 25.8. The van der Waals surface area contributed by atoms with Crippen LogP contribution in [0.4, 0.5) is 10.6 Å². The van der Waals surface area contributed by atoms with E-state index >= 15 is 0 Å². The molecule has 1 saturated heterocycles. The van der Waals surface area contributed by atoms with Gasteiger partial charge in [-0.3, -0.25) is 4.57 Å². The standard InChI is InChI=1S/C29H53BrN6O6Si2/c1-27(2,3)40-26(38)35(14-15-37)16-18-20(41-43(10,11)28(4,5)6)21(42-44(12,13)29(7,8)9)24(39-18)36-23-19(34-25(36)30)22(31)32-17-33-23/h17-18,20-21,24,37H,14-16H2,1-13H3,(H2,31,32,33)/t18-,20-,21?,24-/m1/s1. The Labute approximate surface area is 272 Å². The van der Waals surface area contributed by atoms with Gasteiger partial charge in [0.25, 0.3) is 0 Å². The molecule has 250 valence electrons. The predicted octanol–water partition coefficient (Wildman–Crippen LogP) is 6.08. The van der Waals surface area contributed by atoms with E-state index in [1.54, 1.807) is 0 Å². The number of imidazole rings is 1. The monoisotopic (exact) mass is 716 g/mol. The third-order valence-corrected chi connectivity index (χ3v) is 18.4. The minimum absolute atomic E-state index is 0.0709. The smallest absolute Gasteiger partial charge is 0.410 e. The van der Waals surface area contributed by atoms with E-state index in [1.165, 1.54) is 11.2 Å². The summed E-state index contributed by atoms with van der Waals surface area (Å²) in [6.45, 7) is 27.3. The number of amides is 1. The zero-order valence-corrected chi connectivity index (χ0v) is 32.3. The van der Waals surface area contributed by atoms with Crippen molar-refractivity contribution in [3.63, 3.8) is 0 Å². The molecule has 0 aromatic carbocycles. The van der Waals surface area contributed by atoms with Gasteiger partial charge in [0.15, 0.2) is 44.6 Å². The quantitative estimate of drug-likeness (QED) is 0.231. The largest absolute Gasteiger partial charge is 0.444 e. The lowest BCUT2D eigenvalue weighted by molar-refractivity contribution is -0.0474. The van der Waals surface area contributed by atoms with Crippen molar-refractivity contribution in [2.45, 2.75) is 129 Å². The summed E-state index contributed by atoms with van der Waals surface area (Å²) in [5.41, 5.74) is 6.40. The maximum Gasteiger partial charge on any atom is 0.410 e. The van der Waals surface area contributed by atoms with E-state index in [4.69, 9.17) is 24.1 Å². The van der Waals surface area contributed by atoms with Crippen LogP contribution in [0.5, 0.6) is 0 Å². The molecule has 15 heteroatoms. The molecule has 1 amide bonds. The van der Waals surface area contributed by atoms with Gasteiger partial charge in [0.2, 0.25) is 0 Å². The van der Waals surface area contributed by atoms with E-state index in [0.29, 0.717) is 15.9 Å². The highest BCUT2D eigenvalue weighted by Gasteiger charge is 2.55. The number of carbonyl (C=O) groups is 1. The van der Waals surface area contributed by atoms with Gasteiger partial charge in [-0.1, -0.05) is 41.5 Å². The minimum Gasteiger partial charge on any atom is -0.444 e. The summed E-state index contributed by atoms with van der Waals surface area (Å²) in [7, 11) is -4.83. The Bertz CT molecular complexity index is 1320. The van der Waals surface area contributed by atoms with Crippen molar-refractivity contribution in [1.29, 1.82) is 0 Å². The van der Waals surface area contributed by atoms with E-state index in [9.17, 15) is 9.90 Å². The molecule has 4 atom stereocenters. The molecule has 1 fully saturated rings. The number of aromatic nitrogens is 4. The molecule has 0 aliphatic carbocycles. The fraction of sp³-hybridized carbons (Fsp3) is 0.793. The summed E-state index contributed by atoms with van der Waals surface area (Å²) in [6, 6.07) is 0. The summed E-state index contributed by atoms with van der Waals surface area (Å²) < 4.78 is 29.3. The van der Waals surface area contributed by atoms with Gasteiger partial charge >= 0.3 is 6.09 Å². The van der Waals surface area contributed by atoms with Gasteiger partial charge in [0, 0.05) is 6.54 Å². The minimum atomic E-state index is -2.42. The number of fused-ring (bicyclic) bond motifs is 1. The van der Waals surface area contributed by atoms with Crippen LogP contribution in [0.3, 0.4) is 0 Å². The summed E-state index contributed by atoms with van der Waals surface area (Å²) >= 11 is 3.62. The topological polar surface area (TPSA) is 147 Å². The first-order valence-electron chi connectivity index (χ1n) is 15.1. The number of hydrogen-bond acceptors (Lipinski definition) is 10. The van der Waals surface area contributed by atoms with Crippen LogP contribution in [0.2, 0.25) is 36.3 Å². The van der Waals surface area contributed by atoms with Crippen LogP contribution in [0.1, 0.15) is 68.5 Å². The fourth-order valence-electron chi connectivity index (χ4n) is 4.41. The van der Waals surface area contributed by atoms with Gasteiger partial charge in [-0.25, -0.2) is 19.7 Å². The van der Waals surface area contributed by atoms with Gasteiger partial charge in [-0.15, -0.1) is 0 Å². The lowest BCUT2D eigenvalue weighted by Crippen LogP contribution is -2.55. The lowest BCUT2D eigenvalue weighted by atomic mass is 10.1. The highest BCUT2D eigenvalue weighted by molar-refractivity contribution is 9.10. The third kappa shape index (κ3) is 8.01. The number of nitrogens with two attached hydrogens (primary N) is 1. The van der Waals surface area contributed by atoms with Crippen molar-refractivity contribution in [2.24, 2.45) is 0 Å². The van der Waals surface area contributed by atoms with Gasteiger partial charge in [-0.2, -0.15) is 0 Å². The molecular formula is C29H53BrN6O6Si2. The average molecular weight is 718 g/mol. The van der Waals surface area contributed by atoms with Crippen molar-refractivity contribution < 1.29 is 28.2 Å². The molecule has 1 unspecified atom stereocenters. The SMILES string of the molecule is CC(C)(C)OC(=O)N(CCO)C[C@H]1O[C@@H](n2c(Br)nc3c(N)ncnc32)C(O[Si](C)(C)C(C)(C)C)[C@@H]1O[Si](C)(C)C(C)(C)C. The van der Waals surface area contributed by atoms with Gasteiger partial charge in [0.05, 0.1) is 13.2 Å². The molecule has 0 radical (unpaired) electrons. The Hall–Kier alpha value is -1.63. The molecular weight excluding hydrogens is 664 g/mol. The Balaban J connectivity index is 2.22. The van der Waals surface area contributed by atoms with Crippen LogP contribution >= 0.6 is 15.9 Å². The van der Waals surface area contributed by atoms with Crippen LogP contribution in [0, 0.1) is 0 Å². The van der Waals surface area contributed by atoms with Gasteiger partial charge in [0.1, 0.15) is 30.2 Å². The summed E-state index contributed by atoms with van der Waals surface area (Å²) in [5, 5.41) is 9.69. The first-order chi connectivity index (χ1) is 19.9. The Morgan fingerprint density at radius 3 is 2.07 bits per heavy atom. The molecule has 12 nitrogen and oxygen atoms in total. The number of aliphatic hydroxyl groups excluding tert-OH is 1. The highest BCUT2D eigenvalue weighted by atomic mass is 79.9. The number of aliphatic hydroxyl groups is 1. The molecule has 0 saturated carbocycles. The van der Waals surface area contributed by atoms with Gasteiger partial charge in [-0.05, 0) is 73.0 Å². The number of rotatable bonds is 9.